The van der Waals surface area contributed by atoms with Crippen LogP contribution in [0.1, 0.15) is 18.1 Å². The summed E-state index contributed by atoms with van der Waals surface area (Å²) in [6.45, 7) is 3.63. The molecule has 5 nitrogen and oxygen atoms in total. The lowest BCUT2D eigenvalue weighted by Gasteiger charge is -2.17. The maximum Gasteiger partial charge on any atom is 0.328 e. The van der Waals surface area contributed by atoms with E-state index in [9.17, 15) is 9.59 Å². The van der Waals surface area contributed by atoms with Crippen molar-refractivity contribution in [2.45, 2.75) is 26.3 Å². The second-order valence-corrected chi connectivity index (χ2v) is 6.17. The molecule has 6 heteroatoms. The lowest BCUT2D eigenvalue weighted by Crippen LogP contribution is -2.45. The van der Waals surface area contributed by atoms with Crippen LogP contribution in [0.4, 0.5) is 0 Å². The van der Waals surface area contributed by atoms with Gasteiger partial charge in [-0.05, 0) is 43.2 Å². The molecular formula is C20H22ClNO4. The summed E-state index contributed by atoms with van der Waals surface area (Å²) in [6.07, 6.45) is 0.353. The van der Waals surface area contributed by atoms with Gasteiger partial charge in [0.05, 0.1) is 6.61 Å². The van der Waals surface area contributed by atoms with Gasteiger partial charge in [0, 0.05) is 11.4 Å². The number of hydrogen-bond acceptors (Lipinski definition) is 4. The van der Waals surface area contributed by atoms with E-state index in [-0.39, 0.29) is 13.2 Å². The molecule has 1 atom stereocenters. The van der Waals surface area contributed by atoms with E-state index in [0.717, 1.165) is 11.1 Å². The van der Waals surface area contributed by atoms with E-state index in [1.165, 1.54) is 0 Å². The van der Waals surface area contributed by atoms with Crippen molar-refractivity contribution in [3.8, 4) is 5.75 Å². The van der Waals surface area contributed by atoms with E-state index in [4.69, 9.17) is 21.1 Å². The zero-order chi connectivity index (χ0) is 18.9. The fraction of sp³-hybridized carbons (Fsp3) is 0.300. The predicted molar refractivity (Wildman–Crippen MR) is 100 cm³/mol. The van der Waals surface area contributed by atoms with Gasteiger partial charge in [0.1, 0.15) is 11.8 Å². The molecule has 26 heavy (non-hydrogen) atoms. The largest absolute Gasteiger partial charge is 0.484 e. The monoisotopic (exact) mass is 375 g/mol. The Morgan fingerprint density at radius 2 is 1.88 bits per heavy atom. The quantitative estimate of drug-likeness (QED) is 0.719. The lowest BCUT2D eigenvalue weighted by molar-refractivity contribution is -0.147. The Balaban J connectivity index is 1.96. The summed E-state index contributed by atoms with van der Waals surface area (Å²) in [4.78, 5) is 24.4. The van der Waals surface area contributed by atoms with Gasteiger partial charge in [-0.1, -0.05) is 41.9 Å². The van der Waals surface area contributed by atoms with Crippen LogP contribution in [-0.2, 0) is 20.7 Å². The third kappa shape index (κ3) is 6.08. The van der Waals surface area contributed by atoms with Crippen molar-refractivity contribution in [3.05, 3.63) is 64.7 Å². The fourth-order valence-electron chi connectivity index (χ4n) is 2.38. The van der Waals surface area contributed by atoms with Crippen molar-refractivity contribution >= 4 is 23.5 Å². The first-order valence-corrected chi connectivity index (χ1v) is 8.76. The topological polar surface area (TPSA) is 64.6 Å². The van der Waals surface area contributed by atoms with Gasteiger partial charge in [-0.25, -0.2) is 4.79 Å². The van der Waals surface area contributed by atoms with E-state index >= 15 is 0 Å². The van der Waals surface area contributed by atoms with Crippen LogP contribution in [0, 0.1) is 6.92 Å². The Morgan fingerprint density at radius 1 is 1.15 bits per heavy atom. The van der Waals surface area contributed by atoms with Gasteiger partial charge < -0.3 is 14.8 Å². The summed E-state index contributed by atoms with van der Waals surface area (Å²) in [5, 5.41) is 3.31. The number of rotatable bonds is 8. The minimum atomic E-state index is -0.764. The van der Waals surface area contributed by atoms with Crippen molar-refractivity contribution in [1.29, 1.82) is 0 Å². The highest BCUT2D eigenvalue weighted by Gasteiger charge is 2.22. The van der Waals surface area contributed by atoms with Gasteiger partial charge in [0.15, 0.2) is 6.61 Å². The first-order chi connectivity index (χ1) is 12.5. The maximum atomic E-state index is 12.2. The molecule has 2 aromatic carbocycles. The molecule has 1 amide bonds. The first-order valence-electron chi connectivity index (χ1n) is 8.38. The number of hydrogen-bond donors (Lipinski definition) is 1. The van der Waals surface area contributed by atoms with Crippen molar-refractivity contribution < 1.29 is 19.1 Å². The molecule has 0 aliphatic carbocycles. The van der Waals surface area contributed by atoms with Gasteiger partial charge in [-0.15, -0.1) is 0 Å². The Morgan fingerprint density at radius 3 is 2.54 bits per heavy atom. The number of aryl methyl sites for hydroxylation is 1. The average molecular weight is 376 g/mol. The number of carbonyl (C=O) groups is 2. The minimum absolute atomic E-state index is 0.203. The maximum absolute atomic E-state index is 12.2. The summed E-state index contributed by atoms with van der Waals surface area (Å²) < 4.78 is 10.5. The van der Waals surface area contributed by atoms with E-state index in [0.29, 0.717) is 17.2 Å². The summed E-state index contributed by atoms with van der Waals surface area (Å²) in [6, 6.07) is 13.8. The zero-order valence-corrected chi connectivity index (χ0v) is 15.6. The SMILES string of the molecule is CCOC(=O)C(Cc1ccccc1)NC(=O)COc1ccc(Cl)c(C)c1. The van der Waals surface area contributed by atoms with Crippen LogP contribution in [0.2, 0.25) is 5.02 Å². The summed E-state index contributed by atoms with van der Waals surface area (Å²) in [5.41, 5.74) is 1.79. The smallest absolute Gasteiger partial charge is 0.328 e. The standard InChI is InChI=1S/C20H22ClNO4/c1-3-25-20(24)18(12-15-7-5-4-6-8-15)22-19(23)13-26-16-9-10-17(21)14(2)11-16/h4-11,18H,3,12-13H2,1-2H3,(H,22,23). The first kappa shape index (κ1) is 19.8. The van der Waals surface area contributed by atoms with Gasteiger partial charge >= 0.3 is 5.97 Å². The molecule has 0 saturated carbocycles. The van der Waals surface area contributed by atoms with Gasteiger partial charge in [-0.3, -0.25) is 4.79 Å². The third-order valence-electron chi connectivity index (χ3n) is 3.69. The summed E-state index contributed by atoms with van der Waals surface area (Å²) in [7, 11) is 0. The van der Waals surface area contributed by atoms with Crippen LogP contribution in [0.25, 0.3) is 0 Å². The van der Waals surface area contributed by atoms with Crippen LogP contribution >= 0.6 is 11.6 Å². The van der Waals surface area contributed by atoms with E-state index in [1.54, 1.807) is 25.1 Å². The molecule has 0 aliphatic rings. The molecule has 0 radical (unpaired) electrons. The number of amides is 1. The third-order valence-corrected chi connectivity index (χ3v) is 4.11. The van der Waals surface area contributed by atoms with Crippen LogP contribution in [0.5, 0.6) is 5.75 Å². The van der Waals surface area contributed by atoms with Crippen LogP contribution in [0.15, 0.2) is 48.5 Å². The summed E-state index contributed by atoms with van der Waals surface area (Å²) in [5.74, 6) is -0.323. The molecule has 2 rings (SSSR count). The number of ether oxygens (including phenoxy) is 2. The highest BCUT2D eigenvalue weighted by molar-refractivity contribution is 6.31. The molecule has 0 heterocycles. The van der Waals surface area contributed by atoms with Crippen molar-refractivity contribution in [2.75, 3.05) is 13.2 Å². The predicted octanol–water partition coefficient (Wildman–Crippen LogP) is 3.32. The molecule has 0 saturated heterocycles. The Kier molecular flexibility index (Phi) is 7.48. The second-order valence-electron chi connectivity index (χ2n) is 5.76. The van der Waals surface area contributed by atoms with Gasteiger partial charge in [0.2, 0.25) is 0 Å². The number of esters is 1. The number of nitrogens with one attached hydrogen (secondary N) is 1. The molecule has 0 bridgehead atoms. The van der Waals surface area contributed by atoms with Crippen LogP contribution < -0.4 is 10.1 Å². The minimum Gasteiger partial charge on any atom is -0.484 e. The van der Waals surface area contributed by atoms with Gasteiger partial charge in [0.25, 0.3) is 5.91 Å². The number of halogens is 1. The lowest BCUT2D eigenvalue weighted by atomic mass is 10.1. The van der Waals surface area contributed by atoms with Crippen LogP contribution in [0.3, 0.4) is 0 Å². The highest BCUT2D eigenvalue weighted by atomic mass is 35.5. The Hall–Kier alpha value is -2.53. The highest BCUT2D eigenvalue weighted by Crippen LogP contribution is 2.20. The van der Waals surface area contributed by atoms with Crippen molar-refractivity contribution in [2.24, 2.45) is 0 Å². The Bertz CT molecular complexity index is 749. The summed E-state index contributed by atoms with van der Waals surface area (Å²) >= 11 is 5.97. The second kappa shape index (κ2) is 9.82. The van der Waals surface area contributed by atoms with E-state index < -0.39 is 17.9 Å². The molecule has 1 unspecified atom stereocenters. The zero-order valence-electron chi connectivity index (χ0n) is 14.8. The van der Waals surface area contributed by atoms with Crippen molar-refractivity contribution in [3.63, 3.8) is 0 Å². The molecule has 0 fully saturated rings. The molecular weight excluding hydrogens is 354 g/mol. The Labute approximate surface area is 158 Å². The molecule has 1 N–H and O–H groups in total. The molecule has 0 aromatic heterocycles. The fourth-order valence-corrected chi connectivity index (χ4v) is 2.50. The van der Waals surface area contributed by atoms with Gasteiger partial charge in [-0.2, -0.15) is 0 Å². The number of carbonyl (C=O) groups excluding carboxylic acids is 2. The molecule has 138 valence electrons. The van der Waals surface area contributed by atoms with E-state index in [2.05, 4.69) is 5.32 Å². The van der Waals surface area contributed by atoms with E-state index in [1.807, 2.05) is 37.3 Å². The average Bonchev–Trinajstić information content (AvgIpc) is 2.63. The molecule has 2 aromatic rings. The molecule has 0 aliphatic heterocycles. The van der Waals surface area contributed by atoms with Crippen molar-refractivity contribution in [1.82, 2.24) is 5.32 Å². The molecule has 0 spiro atoms. The van der Waals surface area contributed by atoms with Crippen LogP contribution in [-0.4, -0.2) is 31.1 Å². The number of benzene rings is 2. The normalized spacial score (nSPS) is 11.5.